The molecule has 2 unspecified atom stereocenters. The van der Waals surface area contributed by atoms with Crippen molar-refractivity contribution < 1.29 is 14.4 Å². The lowest BCUT2D eigenvalue weighted by Crippen LogP contribution is -2.49. The van der Waals surface area contributed by atoms with Crippen LogP contribution in [0.25, 0.3) is 0 Å². The maximum Gasteiger partial charge on any atom is 0.324 e. The van der Waals surface area contributed by atoms with Gasteiger partial charge in [0.2, 0.25) is 5.91 Å². The van der Waals surface area contributed by atoms with Gasteiger partial charge in [0.25, 0.3) is 0 Å². The summed E-state index contributed by atoms with van der Waals surface area (Å²) in [6.07, 6.45) is 7.56. The second-order valence-electron chi connectivity index (χ2n) is 8.21. The Morgan fingerprint density at radius 1 is 1.21 bits per heavy atom. The summed E-state index contributed by atoms with van der Waals surface area (Å²) >= 11 is 0. The highest BCUT2D eigenvalue weighted by atomic mass is 16.2. The van der Waals surface area contributed by atoms with Crippen LogP contribution in [0.5, 0.6) is 0 Å². The number of hydrogen-bond acceptors (Lipinski definition) is 5. The van der Waals surface area contributed by atoms with E-state index in [4.69, 9.17) is 0 Å². The Kier molecular flexibility index (Phi) is 9.92. The Bertz CT molecular complexity index is 520. The van der Waals surface area contributed by atoms with Crippen LogP contribution in [0.15, 0.2) is 0 Å². The van der Waals surface area contributed by atoms with Gasteiger partial charge in [-0.25, -0.2) is 4.79 Å². The number of ketones is 1. The molecule has 7 heteroatoms. The average molecular weight is 395 g/mol. The number of piperidine rings is 1. The molecule has 1 aliphatic heterocycles. The third-order valence-corrected chi connectivity index (χ3v) is 5.98. The van der Waals surface area contributed by atoms with Gasteiger partial charge in [0.05, 0.1) is 5.92 Å². The minimum Gasteiger partial charge on any atom is -0.336 e. The van der Waals surface area contributed by atoms with Crippen LogP contribution in [0, 0.1) is 11.8 Å². The van der Waals surface area contributed by atoms with E-state index in [0.29, 0.717) is 44.7 Å². The van der Waals surface area contributed by atoms with Crippen LogP contribution in [0.4, 0.5) is 4.79 Å². The van der Waals surface area contributed by atoms with Gasteiger partial charge >= 0.3 is 6.03 Å². The fraction of sp³-hybridized carbons (Fsp3) is 0.857. The van der Waals surface area contributed by atoms with Gasteiger partial charge in [-0.1, -0.05) is 6.42 Å². The van der Waals surface area contributed by atoms with E-state index in [9.17, 15) is 14.4 Å². The molecule has 1 saturated heterocycles. The molecule has 0 aromatic carbocycles. The van der Waals surface area contributed by atoms with Crippen molar-refractivity contribution in [3.8, 4) is 0 Å². The second-order valence-corrected chi connectivity index (χ2v) is 8.21. The maximum absolute atomic E-state index is 13.1. The smallest absolute Gasteiger partial charge is 0.324 e. The fourth-order valence-electron chi connectivity index (χ4n) is 4.45. The van der Waals surface area contributed by atoms with Crippen molar-refractivity contribution in [1.82, 2.24) is 20.4 Å². The molecule has 1 heterocycles. The zero-order valence-electron chi connectivity index (χ0n) is 17.7. The van der Waals surface area contributed by atoms with Gasteiger partial charge in [0.1, 0.15) is 5.78 Å². The topological polar surface area (TPSA) is 81.8 Å². The molecular weight excluding hydrogens is 356 g/mol. The van der Waals surface area contributed by atoms with Gasteiger partial charge in [-0.05, 0) is 65.1 Å². The Morgan fingerprint density at radius 3 is 2.61 bits per heavy atom. The number of likely N-dealkylation sites (tertiary alicyclic amines) is 1. The molecule has 0 aromatic heterocycles. The van der Waals surface area contributed by atoms with Crippen molar-refractivity contribution in [3.63, 3.8) is 0 Å². The molecule has 1 aliphatic carbocycles. The molecule has 2 N–H and O–H groups in total. The first-order valence-electron chi connectivity index (χ1n) is 11.0. The number of Topliss-reactive ketones (excluding diaryl/α,β-unsaturated/α-hetero) is 1. The quantitative estimate of drug-likeness (QED) is 0.625. The van der Waals surface area contributed by atoms with E-state index in [1.165, 1.54) is 24.2 Å². The van der Waals surface area contributed by atoms with Crippen molar-refractivity contribution in [2.24, 2.45) is 11.8 Å². The number of hydrogen-bond donors (Lipinski definition) is 2. The van der Waals surface area contributed by atoms with Crippen molar-refractivity contribution in [3.05, 3.63) is 0 Å². The number of carbonyl (C=O) groups is 3. The van der Waals surface area contributed by atoms with Crippen molar-refractivity contribution >= 4 is 17.7 Å². The Hall–Kier alpha value is -1.47. The number of nitrogens with zero attached hydrogens (tertiary/aromatic N) is 2. The summed E-state index contributed by atoms with van der Waals surface area (Å²) in [6.45, 7) is 6.31. The highest BCUT2D eigenvalue weighted by Crippen LogP contribution is 2.28. The third-order valence-electron chi connectivity index (χ3n) is 5.98. The first-order chi connectivity index (χ1) is 13.5. The van der Waals surface area contributed by atoms with E-state index in [-0.39, 0.29) is 23.8 Å². The first-order valence-corrected chi connectivity index (χ1v) is 11.0. The zero-order valence-corrected chi connectivity index (χ0v) is 17.7. The lowest BCUT2D eigenvalue weighted by Gasteiger charge is -2.30. The largest absolute Gasteiger partial charge is 0.336 e. The molecule has 2 aliphatic rings. The van der Waals surface area contributed by atoms with Crippen LogP contribution in [0.2, 0.25) is 0 Å². The molecule has 2 rings (SSSR count). The summed E-state index contributed by atoms with van der Waals surface area (Å²) in [6, 6.07) is -0.301. The monoisotopic (exact) mass is 394 g/mol. The number of imide groups is 1. The molecule has 1 saturated carbocycles. The lowest BCUT2D eigenvalue weighted by atomic mass is 9.81. The SMILES string of the molecule is CCN(C(=O)NCCN1CCCCC1)C(=O)C(CNC)CC1CCCC(=O)C1. The number of nitrogens with one attached hydrogen (secondary N) is 2. The van der Waals surface area contributed by atoms with Gasteiger partial charge in [-0.3, -0.25) is 14.5 Å². The van der Waals surface area contributed by atoms with Crippen LogP contribution in [0.1, 0.15) is 58.3 Å². The second kappa shape index (κ2) is 12.2. The molecule has 2 fully saturated rings. The lowest BCUT2D eigenvalue weighted by molar-refractivity contribution is -0.133. The number of urea groups is 1. The van der Waals surface area contributed by atoms with E-state index in [1.807, 2.05) is 14.0 Å². The van der Waals surface area contributed by atoms with Gasteiger partial charge in [0, 0.05) is 39.0 Å². The number of carbonyl (C=O) groups excluding carboxylic acids is 3. The van der Waals surface area contributed by atoms with E-state index >= 15 is 0 Å². The van der Waals surface area contributed by atoms with Gasteiger partial charge in [-0.2, -0.15) is 0 Å². The summed E-state index contributed by atoms with van der Waals surface area (Å²) in [5.74, 6) is 0.151. The van der Waals surface area contributed by atoms with E-state index in [2.05, 4.69) is 15.5 Å². The van der Waals surface area contributed by atoms with Crippen LogP contribution >= 0.6 is 0 Å². The van der Waals surface area contributed by atoms with Crippen LogP contribution < -0.4 is 10.6 Å². The maximum atomic E-state index is 13.1. The number of rotatable bonds is 9. The Morgan fingerprint density at radius 2 is 1.96 bits per heavy atom. The highest BCUT2D eigenvalue weighted by molar-refractivity contribution is 5.95. The summed E-state index contributed by atoms with van der Waals surface area (Å²) in [5.41, 5.74) is 0. The molecule has 0 spiro atoms. The zero-order chi connectivity index (χ0) is 20.4. The highest BCUT2D eigenvalue weighted by Gasteiger charge is 2.31. The Balaban J connectivity index is 1.85. The van der Waals surface area contributed by atoms with E-state index < -0.39 is 0 Å². The Labute approximate surface area is 169 Å². The van der Waals surface area contributed by atoms with Gasteiger partial charge in [-0.15, -0.1) is 0 Å². The fourth-order valence-corrected chi connectivity index (χ4v) is 4.45. The first kappa shape index (κ1) is 22.8. The predicted molar refractivity (Wildman–Crippen MR) is 110 cm³/mol. The molecule has 0 bridgehead atoms. The van der Waals surface area contributed by atoms with Crippen molar-refractivity contribution in [1.29, 1.82) is 0 Å². The summed E-state index contributed by atoms with van der Waals surface area (Å²) in [4.78, 5) is 41.1. The van der Waals surface area contributed by atoms with Crippen LogP contribution in [0.3, 0.4) is 0 Å². The van der Waals surface area contributed by atoms with Crippen LogP contribution in [-0.4, -0.2) is 73.8 Å². The normalized spacial score (nSPS) is 21.9. The van der Waals surface area contributed by atoms with E-state index in [1.54, 1.807) is 0 Å². The summed E-state index contributed by atoms with van der Waals surface area (Å²) in [5, 5.41) is 6.00. The molecule has 28 heavy (non-hydrogen) atoms. The number of amides is 3. The molecule has 2 atom stereocenters. The third kappa shape index (κ3) is 7.17. The molecule has 3 amide bonds. The molecule has 0 aromatic rings. The van der Waals surface area contributed by atoms with Gasteiger partial charge < -0.3 is 15.5 Å². The standard InChI is InChI=1S/C21H38N4O3/c1-3-25(21(28)23-10-13-24-11-5-4-6-12-24)20(27)18(16-22-2)14-17-8-7-9-19(26)15-17/h17-18,22H,3-16H2,1-2H3,(H,23,28). The minimum absolute atomic E-state index is 0.134. The van der Waals surface area contributed by atoms with Crippen molar-refractivity contribution in [2.75, 3.05) is 46.3 Å². The predicted octanol–water partition coefficient (Wildman–Crippen LogP) is 2.02. The van der Waals surface area contributed by atoms with Crippen molar-refractivity contribution in [2.45, 2.75) is 58.3 Å². The average Bonchev–Trinajstić information content (AvgIpc) is 2.69. The summed E-state index contributed by atoms with van der Waals surface area (Å²) in [7, 11) is 1.82. The minimum atomic E-state index is -0.301. The molecule has 160 valence electrons. The molecular formula is C21H38N4O3. The molecule has 7 nitrogen and oxygen atoms in total. The van der Waals surface area contributed by atoms with E-state index in [0.717, 1.165) is 32.5 Å². The van der Waals surface area contributed by atoms with Crippen LogP contribution in [-0.2, 0) is 9.59 Å². The van der Waals surface area contributed by atoms with Gasteiger partial charge in [0.15, 0.2) is 0 Å². The summed E-state index contributed by atoms with van der Waals surface area (Å²) < 4.78 is 0. The molecule has 0 radical (unpaired) electrons.